The molecule has 7 heteroatoms. The molecule has 4 rings (SSSR count). The van der Waals surface area contributed by atoms with Crippen LogP contribution in [0.1, 0.15) is 6.92 Å². The topological polar surface area (TPSA) is 93.9 Å². The van der Waals surface area contributed by atoms with Gasteiger partial charge in [0.1, 0.15) is 16.9 Å². The Morgan fingerprint density at radius 2 is 2.04 bits per heavy atom. The molecule has 0 aliphatic rings. The molecule has 0 amide bonds. The van der Waals surface area contributed by atoms with Crippen LogP contribution in [0.4, 0.5) is 0 Å². The summed E-state index contributed by atoms with van der Waals surface area (Å²) in [6.07, 6.45) is 0. The highest BCUT2D eigenvalue weighted by Gasteiger charge is 2.11. The minimum Gasteiger partial charge on any atom is -0.494 e. The zero-order chi connectivity index (χ0) is 15.8. The molecule has 0 aliphatic carbocycles. The molecular formula is C16H12N4O3. The van der Waals surface area contributed by atoms with Crippen LogP contribution in [0.2, 0.25) is 0 Å². The number of nitrogens with zero attached hydrogens (tertiary/aromatic N) is 3. The molecule has 1 N–H and O–H groups in total. The Balaban J connectivity index is 1.96. The Morgan fingerprint density at radius 1 is 1.13 bits per heavy atom. The van der Waals surface area contributed by atoms with Gasteiger partial charge in [-0.15, -0.1) is 5.10 Å². The number of aromatic nitrogens is 4. The molecule has 0 atom stereocenters. The molecule has 0 saturated carbocycles. The van der Waals surface area contributed by atoms with Gasteiger partial charge in [0.2, 0.25) is 5.43 Å². The maximum absolute atomic E-state index is 12.7. The summed E-state index contributed by atoms with van der Waals surface area (Å²) in [6, 6.07) is 10.5. The van der Waals surface area contributed by atoms with E-state index in [0.717, 1.165) is 5.56 Å². The minimum atomic E-state index is -0.0925. The number of ether oxygens (including phenoxy) is 1. The van der Waals surface area contributed by atoms with Gasteiger partial charge in [-0.2, -0.15) is 0 Å². The average Bonchev–Trinajstić information content (AvgIpc) is 3.10. The van der Waals surface area contributed by atoms with Crippen molar-refractivity contribution >= 4 is 21.9 Å². The predicted molar refractivity (Wildman–Crippen MR) is 84.3 cm³/mol. The molecule has 7 nitrogen and oxygen atoms in total. The number of H-pyrrole nitrogens is 1. The molecule has 0 unspecified atom stereocenters. The summed E-state index contributed by atoms with van der Waals surface area (Å²) >= 11 is 0. The summed E-state index contributed by atoms with van der Waals surface area (Å²) in [5, 5.41) is 14.6. The van der Waals surface area contributed by atoms with E-state index in [-0.39, 0.29) is 5.43 Å². The van der Waals surface area contributed by atoms with Crippen LogP contribution in [0.15, 0.2) is 45.6 Å². The van der Waals surface area contributed by atoms with Gasteiger partial charge in [0.25, 0.3) is 0 Å². The number of rotatable bonds is 3. The van der Waals surface area contributed by atoms with E-state index in [1.54, 1.807) is 36.4 Å². The highest BCUT2D eigenvalue weighted by Crippen LogP contribution is 2.25. The number of aromatic amines is 1. The largest absolute Gasteiger partial charge is 0.494 e. The number of benzene rings is 2. The second kappa shape index (κ2) is 5.20. The van der Waals surface area contributed by atoms with E-state index in [9.17, 15) is 4.79 Å². The van der Waals surface area contributed by atoms with Crippen molar-refractivity contribution in [1.29, 1.82) is 0 Å². The van der Waals surface area contributed by atoms with Crippen molar-refractivity contribution in [1.82, 2.24) is 20.6 Å². The molecule has 0 saturated heterocycles. The van der Waals surface area contributed by atoms with Crippen LogP contribution in [-0.2, 0) is 0 Å². The zero-order valence-electron chi connectivity index (χ0n) is 12.2. The average molecular weight is 308 g/mol. The van der Waals surface area contributed by atoms with Crippen molar-refractivity contribution in [3.05, 3.63) is 46.6 Å². The lowest BCUT2D eigenvalue weighted by molar-refractivity contribution is 0.340. The maximum Gasteiger partial charge on any atom is 0.200 e. The van der Waals surface area contributed by atoms with Gasteiger partial charge in [0.15, 0.2) is 5.82 Å². The van der Waals surface area contributed by atoms with Crippen LogP contribution in [0.5, 0.6) is 5.75 Å². The fourth-order valence-electron chi connectivity index (χ4n) is 2.52. The number of fused-ring (bicyclic) bond motifs is 2. The van der Waals surface area contributed by atoms with Gasteiger partial charge < -0.3 is 9.15 Å². The number of nitrogens with one attached hydrogen (secondary N) is 1. The zero-order valence-corrected chi connectivity index (χ0v) is 12.2. The van der Waals surface area contributed by atoms with Gasteiger partial charge in [0.05, 0.1) is 17.4 Å². The Hall–Kier alpha value is -3.22. The Morgan fingerprint density at radius 3 is 2.83 bits per heavy atom. The standard InChI is InChI=1S/C16H12N4O3/c1-2-22-10-4-6-13-12(8-10)15(21)11-5-3-9(7-14(11)23-13)16-17-19-20-18-16/h3-8H,2H2,1H3,(H,17,18,19,20). The fraction of sp³-hybridized carbons (Fsp3) is 0.125. The van der Waals surface area contributed by atoms with E-state index in [4.69, 9.17) is 9.15 Å². The van der Waals surface area contributed by atoms with E-state index in [2.05, 4.69) is 20.6 Å². The quantitative estimate of drug-likeness (QED) is 0.584. The highest BCUT2D eigenvalue weighted by molar-refractivity contribution is 5.91. The molecule has 23 heavy (non-hydrogen) atoms. The van der Waals surface area contributed by atoms with Crippen molar-refractivity contribution in [2.45, 2.75) is 6.92 Å². The lowest BCUT2D eigenvalue weighted by Gasteiger charge is -2.06. The summed E-state index contributed by atoms with van der Waals surface area (Å²) in [5.41, 5.74) is 1.65. The fourth-order valence-corrected chi connectivity index (χ4v) is 2.52. The molecule has 2 aromatic heterocycles. The normalized spacial score (nSPS) is 11.2. The molecule has 2 aromatic carbocycles. The molecule has 0 fully saturated rings. The summed E-state index contributed by atoms with van der Waals surface area (Å²) < 4.78 is 11.3. The monoisotopic (exact) mass is 308 g/mol. The van der Waals surface area contributed by atoms with Crippen LogP contribution < -0.4 is 10.2 Å². The second-order valence-electron chi connectivity index (χ2n) is 4.98. The van der Waals surface area contributed by atoms with E-state index < -0.39 is 0 Å². The van der Waals surface area contributed by atoms with Gasteiger partial charge in [-0.25, -0.2) is 5.10 Å². The van der Waals surface area contributed by atoms with Crippen molar-refractivity contribution < 1.29 is 9.15 Å². The minimum absolute atomic E-state index is 0.0925. The van der Waals surface area contributed by atoms with Crippen molar-refractivity contribution in [2.75, 3.05) is 6.61 Å². The first-order valence-electron chi connectivity index (χ1n) is 7.14. The third-order valence-corrected chi connectivity index (χ3v) is 3.57. The van der Waals surface area contributed by atoms with Gasteiger partial charge in [-0.05, 0) is 47.7 Å². The van der Waals surface area contributed by atoms with Crippen molar-refractivity contribution in [3.8, 4) is 17.1 Å². The van der Waals surface area contributed by atoms with E-state index in [1.807, 2.05) is 6.92 Å². The lowest BCUT2D eigenvalue weighted by atomic mass is 10.1. The van der Waals surface area contributed by atoms with Gasteiger partial charge in [-0.1, -0.05) is 6.07 Å². The van der Waals surface area contributed by atoms with Gasteiger partial charge >= 0.3 is 0 Å². The second-order valence-corrected chi connectivity index (χ2v) is 4.98. The number of hydrogen-bond acceptors (Lipinski definition) is 6. The SMILES string of the molecule is CCOc1ccc2oc3cc(-c4nnn[nH]4)ccc3c(=O)c2c1. The molecule has 0 bridgehead atoms. The Kier molecular flexibility index (Phi) is 3.04. The predicted octanol–water partition coefficient (Wildman–Crippen LogP) is 2.52. The number of tetrazole rings is 1. The molecule has 114 valence electrons. The summed E-state index contributed by atoms with van der Waals surface area (Å²) in [6.45, 7) is 2.44. The van der Waals surface area contributed by atoms with Crippen LogP contribution in [0.25, 0.3) is 33.3 Å². The first kappa shape index (κ1) is 13.4. The Bertz CT molecular complexity index is 1050. The van der Waals surface area contributed by atoms with Gasteiger partial charge in [-0.3, -0.25) is 4.79 Å². The highest BCUT2D eigenvalue weighted by atomic mass is 16.5. The van der Waals surface area contributed by atoms with Crippen molar-refractivity contribution in [3.63, 3.8) is 0 Å². The first-order valence-corrected chi connectivity index (χ1v) is 7.14. The maximum atomic E-state index is 12.7. The van der Waals surface area contributed by atoms with Crippen LogP contribution in [0.3, 0.4) is 0 Å². The third-order valence-electron chi connectivity index (χ3n) is 3.57. The van der Waals surface area contributed by atoms with E-state index >= 15 is 0 Å². The van der Waals surface area contributed by atoms with Gasteiger partial charge in [0, 0.05) is 5.56 Å². The summed E-state index contributed by atoms with van der Waals surface area (Å²) in [5.74, 6) is 1.16. The molecule has 2 heterocycles. The first-order chi connectivity index (χ1) is 11.3. The number of hydrogen-bond donors (Lipinski definition) is 1. The van der Waals surface area contributed by atoms with Crippen molar-refractivity contribution in [2.24, 2.45) is 0 Å². The third kappa shape index (κ3) is 2.22. The smallest absolute Gasteiger partial charge is 0.200 e. The lowest BCUT2D eigenvalue weighted by Crippen LogP contribution is -2.03. The van der Waals surface area contributed by atoms with Crippen LogP contribution in [0, 0.1) is 0 Å². The van der Waals surface area contributed by atoms with E-state index in [0.29, 0.717) is 40.1 Å². The summed E-state index contributed by atoms with van der Waals surface area (Å²) in [7, 11) is 0. The van der Waals surface area contributed by atoms with E-state index in [1.165, 1.54) is 0 Å². The summed E-state index contributed by atoms with van der Waals surface area (Å²) in [4.78, 5) is 12.7. The molecule has 0 aliphatic heterocycles. The van der Waals surface area contributed by atoms with Crippen LogP contribution >= 0.6 is 0 Å². The molecule has 0 radical (unpaired) electrons. The Labute approximate surface area is 129 Å². The molecule has 0 spiro atoms. The van der Waals surface area contributed by atoms with Crippen LogP contribution in [-0.4, -0.2) is 27.2 Å². The molecule has 4 aromatic rings. The molecular weight excluding hydrogens is 296 g/mol.